The Morgan fingerprint density at radius 2 is 1.50 bits per heavy atom. The van der Waals surface area contributed by atoms with E-state index in [4.69, 9.17) is 4.98 Å². The molecule has 2 N–H and O–H groups in total. The molecule has 0 unspecified atom stereocenters. The Morgan fingerprint density at radius 3 is 2.17 bits per heavy atom. The second-order valence-electron chi connectivity index (χ2n) is 7.52. The first-order valence-electron chi connectivity index (χ1n) is 10.6. The Balaban J connectivity index is 1.21. The molecule has 0 aliphatic carbocycles. The molecule has 0 fully saturated rings. The highest BCUT2D eigenvalue weighted by molar-refractivity contribution is 7.08. The number of thiophene rings is 1. The highest BCUT2D eigenvalue weighted by Crippen LogP contribution is 2.30. The highest BCUT2D eigenvalue weighted by Gasteiger charge is 2.08. The minimum atomic E-state index is 0.117. The summed E-state index contributed by atoms with van der Waals surface area (Å²) in [4.78, 5) is 16.7. The van der Waals surface area contributed by atoms with Crippen LogP contribution in [0.4, 0.5) is 5.69 Å². The second kappa shape index (κ2) is 10.2. The topological polar surface area (TPSA) is 54.0 Å². The number of nitrogens with one attached hydrogen (secondary N) is 2. The van der Waals surface area contributed by atoms with Crippen LogP contribution in [0.2, 0.25) is 0 Å². The first kappa shape index (κ1) is 20.4. The average molecular weight is 418 g/mol. The number of benzene rings is 2. The maximum Gasteiger partial charge on any atom is 0.224 e. The Hall–Kier alpha value is -2.92. The number of unbranched alkanes of at least 4 members (excludes halogenated alkanes) is 3. The van der Waals surface area contributed by atoms with Gasteiger partial charge in [0.05, 0.1) is 23.1 Å². The molecule has 4 aromatic rings. The molecule has 2 aromatic heterocycles. The molecular weight excluding hydrogens is 390 g/mol. The zero-order valence-electron chi connectivity index (χ0n) is 17.1. The van der Waals surface area contributed by atoms with Crippen molar-refractivity contribution in [3.05, 3.63) is 70.9 Å². The van der Waals surface area contributed by atoms with Crippen LogP contribution in [-0.2, 0) is 11.2 Å². The second-order valence-corrected chi connectivity index (χ2v) is 8.30. The minimum absolute atomic E-state index is 0.117. The van der Waals surface area contributed by atoms with Gasteiger partial charge in [-0.05, 0) is 47.4 Å². The molecular formula is C25H27N3OS. The Kier molecular flexibility index (Phi) is 6.93. The third-order valence-corrected chi connectivity index (χ3v) is 5.99. The number of amides is 1. The van der Waals surface area contributed by atoms with Crippen LogP contribution in [0.1, 0.15) is 31.2 Å². The summed E-state index contributed by atoms with van der Waals surface area (Å²) in [6, 6.07) is 18.6. The molecule has 0 atom stereocenters. The molecule has 0 spiro atoms. The number of hydrogen-bond donors (Lipinski definition) is 2. The molecule has 0 radical (unpaired) electrons. The van der Waals surface area contributed by atoms with E-state index in [-0.39, 0.29) is 5.91 Å². The van der Waals surface area contributed by atoms with Crippen molar-refractivity contribution in [1.29, 1.82) is 0 Å². The van der Waals surface area contributed by atoms with Gasteiger partial charge in [-0.15, -0.1) is 0 Å². The van der Waals surface area contributed by atoms with Gasteiger partial charge in [0.25, 0.3) is 0 Å². The van der Waals surface area contributed by atoms with Crippen molar-refractivity contribution in [3.8, 4) is 0 Å². The van der Waals surface area contributed by atoms with Crippen molar-refractivity contribution in [3.63, 3.8) is 0 Å². The van der Waals surface area contributed by atoms with Gasteiger partial charge in [0.1, 0.15) is 0 Å². The normalized spacial score (nSPS) is 11.1. The third kappa shape index (κ3) is 5.16. The number of rotatable bonds is 10. The van der Waals surface area contributed by atoms with Crippen molar-refractivity contribution < 1.29 is 4.79 Å². The van der Waals surface area contributed by atoms with Crippen LogP contribution < -0.4 is 10.6 Å². The van der Waals surface area contributed by atoms with Crippen molar-refractivity contribution in [2.45, 2.75) is 32.1 Å². The van der Waals surface area contributed by atoms with Gasteiger partial charge in [0, 0.05) is 23.9 Å². The van der Waals surface area contributed by atoms with E-state index in [0.717, 1.165) is 55.4 Å². The van der Waals surface area contributed by atoms with Crippen LogP contribution in [0.15, 0.2) is 65.4 Å². The van der Waals surface area contributed by atoms with E-state index in [1.807, 2.05) is 29.0 Å². The molecule has 154 valence electrons. The molecule has 0 aliphatic rings. The number of para-hydroxylation sites is 2. The lowest BCUT2D eigenvalue weighted by Gasteiger charge is -2.13. The van der Waals surface area contributed by atoms with Gasteiger partial charge in [-0.25, -0.2) is 4.98 Å². The van der Waals surface area contributed by atoms with Crippen LogP contribution in [0.3, 0.4) is 0 Å². The van der Waals surface area contributed by atoms with Crippen molar-refractivity contribution in [1.82, 2.24) is 10.3 Å². The van der Waals surface area contributed by atoms with Gasteiger partial charge < -0.3 is 10.6 Å². The maximum absolute atomic E-state index is 11.9. The fraction of sp³-hybridized carbons (Fsp3) is 0.280. The summed E-state index contributed by atoms with van der Waals surface area (Å²) in [6.07, 6.45) is 4.89. The monoisotopic (exact) mass is 417 g/mol. The van der Waals surface area contributed by atoms with Crippen LogP contribution in [0.25, 0.3) is 21.8 Å². The van der Waals surface area contributed by atoms with Crippen molar-refractivity contribution in [2.75, 3.05) is 18.4 Å². The van der Waals surface area contributed by atoms with Crippen LogP contribution in [0.5, 0.6) is 0 Å². The van der Waals surface area contributed by atoms with E-state index in [0.29, 0.717) is 6.42 Å². The molecule has 2 heterocycles. The average Bonchev–Trinajstić information content (AvgIpc) is 3.27. The molecule has 4 nitrogen and oxygen atoms in total. The third-order valence-electron chi connectivity index (χ3n) is 5.26. The standard InChI is InChI=1S/C25H27N3OS/c29-24(17-19-13-16-30-18-19)26-14-7-1-2-8-15-27-25-20-9-3-5-11-22(20)28-23-12-6-4-10-21(23)25/h3-6,9-13,16,18H,1-2,7-8,14-15,17H2,(H,26,29)(H,27,28). The van der Waals surface area contributed by atoms with Crippen LogP contribution in [-0.4, -0.2) is 24.0 Å². The molecule has 0 saturated heterocycles. The number of pyridine rings is 1. The van der Waals surface area contributed by atoms with Gasteiger partial charge in [-0.1, -0.05) is 49.2 Å². The van der Waals surface area contributed by atoms with Crippen LogP contribution in [0, 0.1) is 0 Å². The largest absolute Gasteiger partial charge is 0.384 e. The van der Waals surface area contributed by atoms with Gasteiger partial charge in [-0.3, -0.25) is 4.79 Å². The van der Waals surface area contributed by atoms with Crippen LogP contribution >= 0.6 is 11.3 Å². The smallest absolute Gasteiger partial charge is 0.224 e. The number of anilines is 1. The lowest BCUT2D eigenvalue weighted by Crippen LogP contribution is -2.25. The maximum atomic E-state index is 11.9. The van der Waals surface area contributed by atoms with E-state index >= 15 is 0 Å². The highest BCUT2D eigenvalue weighted by atomic mass is 32.1. The Bertz CT molecular complexity index is 1050. The van der Waals surface area contributed by atoms with E-state index in [1.54, 1.807) is 11.3 Å². The number of carbonyl (C=O) groups is 1. The quantitative estimate of drug-likeness (QED) is 0.254. The van der Waals surface area contributed by atoms with Gasteiger partial charge >= 0.3 is 0 Å². The Morgan fingerprint density at radius 1 is 0.833 bits per heavy atom. The fourth-order valence-electron chi connectivity index (χ4n) is 3.72. The molecule has 0 bridgehead atoms. The molecule has 0 aliphatic heterocycles. The minimum Gasteiger partial charge on any atom is -0.384 e. The fourth-order valence-corrected chi connectivity index (χ4v) is 4.38. The van der Waals surface area contributed by atoms with Crippen molar-refractivity contribution >= 4 is 44.7 Å². The first-order valence-corrected chi connectivity index (χ1v) is 11.5. The summed E-state index contributed by atoms with van der Waals surface area (Å²) in [5.41, 5.74) is 4.32. The first-order chi connectivity index (χ1) is 14.8. The van der Waals surface area contributed by atoms with E-state index in [1.165, 1.54) is 16.5 Å². The molecule has 2 aromatic carbocycles. The number of carbonyl (C=O) groups excluding carboxylic acids is 1. The predicted molar refractivity (Wildman–Crippen MR) is 127 cm³/mol. The van der Waals surface area contributed by atoms with Gasteiger partial charge in [0.2, 0.25) is 5.91 Å². The summed E-state index contributed by atoms with van der Waals surface area (Å²) < 4.78 is 0. The summed E-state index contributed by atoms with van der Waals surface area (Å²) in [5, 5.41) is 13.1. The molecule has 5 heteroatoms. The number of fused-ring (bicyclic) bond motifs is 2. The number of hydrogen-bond acceptors (Lipinski definition) is 4. The zero-order chi connectivity index (χ0) is 20.6. The predicted octanol–water partition coefficient (Wildman–Crippen LogP) is 5.78. The molecule has 1 amide bonds. The summed E-state index contributed by atoms with van der Waals surface area (Å²) in [6.45, 7) is 1.69. The lowest BCUT2D eigenvalue weighted by atomic mass is 10.1. The summed E-state index contributed by atoms with van der Waals surface area (Å²) in [7, 11) is 0. The SMILES string of the molecule is O=C(Cc1ccsc1)NCCCCCCNc1c2ccccc2nc2ccccc12. The van der Waals surface area contributed by atoms with Gasteiger partial charge in [-0.2, -0.15) is 11.3 Å². The summed E-state index contributed by atoms with van der Waals surface area (Å²) in [5.74, 6) is 0.117. The van der Waals surface area contributed by atoms with E-state index in [9.17, 15) is 4.79 Å². The molecule has 0 saturated carbocycles. The zero-order valence-corrected chi connectivity index (χ0v) is 17.9. The Labute approximate surface area is 181 Å². The van der Waals surface area contributed by atoms with Gasteiger partial charge in [0.15, 0.2) is 0 Å². The number of aromatic nitrogens is 1. The van der Waals surface area contributed by atoms with E-state index < -0.39 is 0 Å². The number of nitrogens with zero attached hydrogens (tertiary/aromatic N) is 1. The molecule has 30 heavy (non-hydrogen) atoms. The summed E-state index contributed by atoms with van der Waals surface area (Å²) >= 11 is 1.63. The lowest BCUT2D eigenvalue weighted by molar-refractivity contribution is -0.120. The molecule has 4 rings (SSSR count). The van der Waals surface area contributed by atoms with E-state index in [2.05, 4.69) is 47.0 Å². The van der Waals surface area contributed by atoms with Crippen molar-refractivity contribution in [2.24, 2.45) is 0 Å².